The topological polar surface area (TPSA) is 56.0 Å². The van der Waals surface area contributed by atoms with E-state index in [1.807, 2.05) is 0 Å². The van der Waals surface area contributed by atoms with Crippen molar-refractivity contribution in [1.29, 1.82) is 0 Å². The Bertz CT molecular complexity index is 1120. The number of aromatic nitrogens is 1. The van der Waals surface area contributed by atoms with Crippen LogP contribution in [-0.4, -0.2) is 16.7 Å². The zero-order valence-corrected chi connectivity index (χ0v) is 20.3. The van der Waals surface area contributed by atoms with E-state index in [4.69, 9.17) is 10.7 Å². The number of allylic oxidation sites excluding steroid dienone is 3. The van der Waals surface area contributed by atoms with Gasteiger partial charge in [-0.2, -0.15) is 0 Å². The van der Waals surface area contributed by atoms with Crippen LogP contribution in [-0.2, 0) is 11.2 Å². The van der Waals surface area contributed by atoms with Crippen molar-refractivity contribution < 1.29 is 13.6 Å². The molecule has 1 unspecified atom stereocenters. The summed E-state index contributed by atoms with van der Waals surface area (Å²) < 4.78 is 27.1. The summed E-state index contributed by atoms with van der Waals surface area (Å²) in [6.07, 6.45) is 8.05. The fraction of sp³-hybridized carbons (Fsp3) is 0.448. The number of hydrogen-bond acceptors (Lipinski definition) is 3. The Morgan fingerprint density at radius 3 is 2.41 bits per heavy atom. The summed E-state index contributed by atoms with van der Waals surface area (Å²) in [5, 5.41) is 0. The Balaban J connectivity index is 1.63. The zero-order valence-electron chi connectivity index (χ0n) is 20.3. The number of carbonyl (C=O) groups excluding carboxylic acids is 1. The first-order valence-electron chi connectivity index (χ1n) is 12.3. The molecule has 5 heteroatoms. The van der Waals surface area contributed by atoms with Gasteiger partial charge in [0.25, 0.3) is 0 Å². The Kier molecular flexibility index (Phi) is 7.01. The molecule has 0 saturated heterocycles. The van der Waals surface area contributed by atoms with Crippen molar-refractivity contribution in [3.63, 3.8) is 0 Å². The van der Waals surface area contributed by atoms with Gasteiger partial charge in [0.1, 0.15) is 0 Å². The lowest BCUT2D eigenvalue weighted by molar-refractivity contribution is -0.111. The van der Waals surface area contributed by atoms with Gasteiger partial charge < -0.3 is 5.73 Å². The maximum absolute atomic E-state index is 13.6. The van der Waals surface area contributed by atoms with Crippen LogP contribution in [0.1, 0.15) is 80.3 Å². The van der Waals surface area contributed by atoms with Gasteiger partial charge in [-0.05, 0) is 81.9 Å². The van der Waals surface area contributed by atoms with E-state index < -0.39 is 5.92 Å². The number of nitrogens with two attached hydrogens (primary N) is 1. The first kappa shape index (κ1) is 24.3. The van der Waals surface area contributed by atoms with E-state index >= 15 is 0 Å². The van der Waals surface area contributed by atoms with Gasteiger partial charge in [0.15, 0.2) is 5.78 Å². The molecule has 0 amide bonds. The monoisotopic (exact) mass is 464 g/mol. The Morgan fingerprint density at radius 1 is 1.12 bits per heavy atom. The van der Waals surface area contributed by atoms with E-state index in [1.54, 1.807) is 13.1 Å². The van der Waals surface area contributed by atoms with Gasteiger partial charge in [0.2, 0.25) is 5.92 Å². The minimum absolute atomic E-state index is 0.0154. The minimum Gasteiger partial charge on any atom is -0.402 e. The number of rotatable bonds is 6. The molecule has 2 aliphatic rings. The number of benzene rings is 1. The number of pyridine rings is 1. The van der Waals surface area contributed by atoms with Crippen LogP contribution in [0.25, 0.3) is 11.1 Å². The molecule has 2 aromatic rings. The molecule has 0 bridgehead atoms. The van der Waals surface area contributed by atoms with Crippen LogP contribution in [0.3, 0.4) is 0 Å². The zero-order chi connectivity index (χ0) is 24.5. The second kappa shape index (κ2) is 9.81. The molecule has 1 fully saturated rings. The highest BCUT2D eigenvalue weighted by Crippen LogP contribution is 2.40. The third kappa shape index (κ3) is 5.45. The molecule has 1 aromatic heterocycles. The predicted molar refractivity (Wildman–Crippen MR) is 133 cm³/mol. The summed E-state index contributed by atoms with van der Waals surface area (Å²) in [5.74, 6) is -1.89. The maximum atomic E-state index is 13.6. The molecule has 34 heavy (non-hydrogen) atoms. The van der Waals surface area contributed by atoms with Crippen LogP contribution < -0.4 is 5.73 Å². The number of Topliss-reactive ketones (excluding diaryl/α,β-unsaturated/α-hetero) is 1. The minimum atomic E-state index is -2.48. The van der Waals surface area contributed by atoms with E-state index in [-0.39, 0.29) is 18.6 Å². The molecule has 4 rings (SSSR count). The molecule has 180 valence electrons. The first-order chi connectivity index (χ1) is 16.1. The lowest BCUT2D eigenvalue weighted by atomic mass is 9.78. The van der Waals surface area contributed by atoms with Crippen LogP contribution in [0, 0.1) is 18.8 Å². The van der Waals surface area contributed by atoms with Crippen LogP contribution >= 0.6 is 0 Å². The van der Waals surface area contributed by atoms with Crippen LogP contribution in [0.15, 0.2) is 48.3 Å². The van der Waals surface area contributed by atoms with Crippen molar-refractivity contribution >= 4 is 16.9 Å². The Morgan fingerprint density at radius 2 is 1.79 bits per heavy atom. The summed E-state index contributed by atoms with van der Waals surface area (Å²) in [4.78, 5) is 17.0. The molecule has 0 spiro atoms. The predicted octanol–water partition coefficient (Wildman–Crippen LogP) is 6.88. The van der Waals surface area contributed by atoms with Gasteiger partial charge in [0, 0.05) is 41.4 Å². The number of fused-ring (bicyclic) bond motifs is 1. The first-order valence-corrected chi connectivity index (χ1v) is 12.3. The third-order valence-corrected chi connectivity index (χ3v) is 7.29. The summed E-state index contributed by atoms with van der Waals surface area (Å²) >= 11 is 0. The molecule has 1 atom stereocenters. The number of aryl methyl sites for hydroxylation is 1. The summed E-state index contributed by atoms with van der Waals surface area (Å²) in [7, 11) is 0. The van der Waals surface area contributed by atoms with E-state index in [9.17, 15) is 13.6 Å². The largest absolute Gasteiger partial charge is 0.402 e. The van der Waals surface area contributed by atoms with Crippen molar-refractivity contribution in [2.24, 2.45) is 17.6 Å². The van der Waals surface area contributed by atoms with E-state index in [1.165, 1.54) is 12.5 Å². The number of halogens is 2. The highest BCUT2D eigenvalue weighted by molar-refractivity contribution is 6.20. The molecular formula is C29H34F2N2O. The summed E-state index contributed by atoms with van der Waals surface area (Å²) in [6, 6.07) is 10.5. The normalized spacial score (nSPS) is 20.9. The van der Waals surface area contributed by atoms with Crippen LogP contribution in [0.2, 0.25) is 0 Å². The summed E-state index contributed by atoms with van der Waals surface area (Å²) in [5.41, 5.74) is 13.2. The average Bonchev–Trinajstić information content (AvgIpc) is 2.78. The van der Waals surface area contributed by atoms with E-state index in [0.717, 1.165) is 47.2 Å². The van der Waals surface area contributed by atoms with Gasteiger partial charge in [-0.25, -0.2) is 8.78 Å². The van der Waals surface area contributed by atoms with Gasteiger partial charge in [-0.3, -0.25) is 9.78 Å². The van der Waals surface area contributed by atoms with Crippen molar-refractivity contribution in [3.8, 4) is 0 Å². The van der Waals surface area contributed by atoms with Crippen molar-refractivity contribution in [1.82, 2.24) is 4.98 Å². The molecule has 1 aromatic carbocycles. The molecule has 2 aliphatic carbocycles. The lowest BCUT2D eigenvalue weighted by Crippen LogP contribution is -2.25. The van der Waals surface area contributed by atoms with Crippen LogP contribution in [0.5, 0.6) is 0 Å². The average molecular weight is 465 g/mol. The van der Waals surface area contributed by atoms with E-state index in [2.05, 4.69) is 43.3 Å². The smallest absolute Gasteiger partial charge is 0.248 e. The number of carbonyl (C=O) groups is 1. The molecular weight excluding hydrogens is 430 g/mol. The second-order valence-corrected chi connectivity index (χ2v) is 10.1. The molecule has 1 heterocycles. The fourth-order valence-corrected chi connectivity index (χ4v) is 5.40. The maximum Gasteiger partial charge on any atom is 0.248 e. The van der Waals surface area contributed by atoms with Gasteiger partial charge >= 0.3 is 0 Å². The molecule has 0 aliphatic heterocycles. The van der Waals surface area contributed by atoms with Gasteiger partial charge in [-0.1, -0.05) is 35.9 Å². The van der Waals surface area contributed by atoms with Crippen molar-refractivity contribution in [3.05, 3.63) is 76.2 Å². The second-order valence-electron chi connectivity index (χ2n) is 10.1. The Labute approximate surface area is 201 Å². The highest BCUT2D eigenvalue weighted by Gasteiger charge is 2.35. The van der Waals surface area contributed by atoms with Gasteiger partial charge in [-0.15, -0.1) is 0 Å². The molecule has 3 nitrogen and oxygen atoms in total. The van der Waals surface area contributed by atoms with E-state index in [0.29, 0.717) is 35.9 Å². The van der Waals surface area contributed by atoms with Crippen molar-refractivity contribution in [2.75, 3.05) is 0 Å². The molecule has 0 radical (unpaired) electrons. The third-order valence-electron chi connectivity index (χ3n) is 7.29. The standard InChI is InChI=1S/C29H34F2N2O/c1-18-4-8-23(9-5-18)26-15-22(7-6-21-10-12-29(30,31)13-11-21)14-24-16-25(17-33-28(24)26)27(19(2)32)20(3)34/h4-5,8-9,15-17,21-22H,6-7,10-14,32H2,1-3H3. The number of alkyl halides is 2. The van der Waals surface area contributed by atoms with Crippen LogP contribution in [0.4, 0.5) is 8.78 Å². The highest BCUT2D eigenvalue weighted by atomic mass is 19.3. The number of nitrogens with zero attached hydrogens (tertiary/aromatic N) is 1. The Hall–Kier alpha value is -2.82. The quantitative estimate of drug-likeness (QED) is 0.474. The number of hydrogen-bond donors (Lipinski definition) is 1. The van der Waals surface area contributed by atoms with Crippen molar-refractivity contribution in [2.45, 2.75) is 71.6 Å². The van der Waals surface area contributed by atoms with Gasteiger partial charge in [0.05, 0.1) is 5.69 Å². The SMILES string of the molecule is CC(=O)C(=C(C)N)c1cnc2c(c1)CC(CCC1CCC(F)(F)CC1)C=C2c1ccc(C)cc1. The lowest BCUT2D eigenvalue weighted by Gasteiger charge is -2.30. The molecule has 1 saturated carbocycles. The molecule has 2 N–H and O–H groups in total. The number of ketones is 1. The fourth-order valence-electron chi connectivity index (χ4n) is 5.40. The summed E-state index contributed by atoms with van der Waals surface area (Å²) in [6.45, 7) is 5.34.